The van der Waals surface area contributed by atoms with Gasteiger partial charge in [0.25, 0.3) is 5.56 Å². The molecule has 1 atom stereocenters. The average Bonchev–Trinajstić information content (AvgIpc) is 3.48. The van der Waals surface area contributed by atoms with E-state index in [1.807, 2.05) is 0 Å². The summed E-state index contributed by atoms with van der Waals surface area (Å²) in [6, 6.07) is 14.6. The van der Waals surface area contributed by atoms with E-state index in [1.54, 1.807) is 75.4 Å². The van der Waals surface area contributed by atoms with Gasteiger partial charge in [0.1, 0.15) is 11.5 Å². The number of hydrogen-bond donors (Lipinski definition) is 1. The number of ether oxygens (including phenoxy) is 1. The normalized spacial score (nSPS) is 15.2. The highest BCUT2D eigenvalue weighted by Gasteiger charge is 2.33. The molecule has 0 spiro atoms. The van der Waals surface area contributed by atoms with Gasteiger partial charge in [-0.1, -0.05) is 47.2 Å². The van der Waals surface area contributed by atoms with Crippen LogP contribution in [-0.4, -0.2) is 28.2 Å². The second kappa shape index (κ2) is 10.5. The second-order valence-corrected chi connectivity index (χ2v) is 10.3. The quantitative estimate of drug-likeness (QED) is 0.340. The molecule has 0 amide bonds. The Balaban J connectivity index is 1.63. The van der Waals surface area contributed by atoms with Crippen LogP contribution in [0, 0.1) is 6.92 Å². The number of esters is 1. The number of carboxylic acid groups (broad SMARTS) is 1. The Morgan fingerprint density at radius 1 is 1.15 bits per heavy atom. The summed E-state index contributed by atoms with van der Waals surface area (Å²) in [6.45, 7) is 5.35. The van der Waals surface area contributed by atoms with Crippen LogP contribution < -0.4 is 14.9 Å². The molecule has 0 bridgehead atoms. The van der Waals surface area contributed by atoms with Gasteiger partial charge in [0.05, 0.1) is 34.0 Å². The van der Waals surface area contributed by atoms with Crippen LogP contribution in [0.3, 0.4) is 0 Å². The van der Waals surface area contributed by atoms with Crippen molar-refractivity contribution in [3.63, 3.8) is 0 Å². The van der Waals surface area contributed by atoms with Gasteiger partial charge in [-0.05, 0) is 62.2 Å². The Labute approximate surface area is 231 Å². The molecule has 8 nitrogen and oxygen atoms in total. The number of carbonyl (C=O) groups excluding carboxylic acids is 1. The van der Waals surface area contributed by atoms with Crippen molar-refractivity contribution in [1.82, 2.24) is 4.57 Å². The summed E-state index contributed by atoms with van der Waals surface area (Å²) in [5, 5.41) is 9.98. The van der Waals surface area contributed by atoms with Crippen molar-refractivity contribution in [2.75, 3.05) is 6.61 Å². The third-order valence-corrected chi connectivity index (χ3v) is 7.67. The maximum atomic E-state index is 13.7. The van der Waals surface area contributed by atoms with Crippen LogP contribution in [0.1, 0.15) is 47.1 Å². The zero-order valence-corrected chi connectivity index (χ0v) is 22.8. The predicted octanol–water partition coefficient (Wildman–Crippen LogP) is 4.72. The number of aromatic carboxylic acids is 1. The molecule has 0 unspecified atom stereocenters. The molecular formula is C29H23ClN2O6S. The van der Waals surface area contributed by atoms with Crippen LogP contribution >= 0.6 is 22.9 Å². The van der Waals surface area contributed by atoms with Gasteiger partial charge in [0, 0.05) is 16.7 Å². The van der Waals surface area contributed by atoms with Crippen LogP contribution in [-0.2, 0) is 9.53 Å². The van der Waals surface area contributed by atoms with E-state index in [0.717, 1.165) is 0 Å². The zero-order valence-electron chi connectivity index (χ0n) is 21.2. The van der Waals surface area contributed by atoms with Crippen LogP contribution in [0.5, 0.6) is 0 Å². The number of halogens is 1. The number of allylic oxidation sites excluding steroid dienone is 1. The topological polar surface area (TPSA) is 111 Å². The lowest BCUT2D eigenvalue weighted by atomic mass is 9.96. The number of rotatable bonds is 6. The summed E-state index contributed by atoms with van der Waals surface area (Å²) >= 11 is 7.28. The molecule has 198 valence electrons. The molecule has 39 heavy (non-hydrogen) atoms. The third kappa shape index (κ3) is 4.86. The lowest BCUT2D eigenvalue weighted by Crippen LogP contribution is -2.39. The first-order valence-electron chi connectivity index (χ1n) is 12.1. The van der Waals surface area contributed by atoms with E-state index in [-0.39, 0.29) is 23.3 Å². The van der Waals surface area contributed by atoms with Crippen LogP contribution in [0.2, 0.25) is 5.02 Å². The monoisotopic (exact) mass is 562 g/mol. The van der Waals surface area contributed by atoms with Gasteiger partial charge in [0.2, 0.25) is 0 Å². The highest BCUT2D eigenvalue weighted by molar-refractivity contribution is 7.07. The average molecular weight is 563 g/mol. The molecule has 2 aromatic heterocycles. The van der Waals surface area contributed by atoms with E-state index < -0.39 is 18.0 Å². The van der Waals surface area contributed by atoms with E-state index in [2.05, 4.69) is 4.99 Å². The van der Waals surface area contributed by atoms with Crippen molar-refractivity contribution in [2.45, 2.75) is 26.8 Å². The van der Waals surface area contributed by atoms with E-state index >= 15 is 0 Å². The minimum Gasteiger partial charge on any atom is -0.478 e. The zero-order chi connectivity index (χ0) is 27.8. The summed E-state index contributed by atoms with van der Waals surface area (Å²) in [5.41, 5.74) is 2.52. The molecule has 0 saturated carbocycles. The minimum absolute atomic E-state index is 0.184. The van der Waals surface area contributed by atoms with Crippen molar-refractivity contribution in [1.29, 1.82) is 0 Å². The summed E-state index contributed by atoms with van der Waals surface area (Å²) in [7, 11) is 0. The predicted molar refractivity (Wildman–Crippen MR) is 148 cm³/mol. The number of furan rings is 1. The molecule has 0 saturated heterocycles. The molecule has 3 heterocycles. The van der Waals surface area contributed by atoms with Gasteiger partial charge in [0.15, 0.2) is 4.80 Å². The number of aromatic nitrogens is 1. The molecule has 10 heteroatoms. The maximum Gasteiger partial charge on any atom is 0.338 e. The van der Waals surface area contributed by atoms with E-state index in [0.29, 0.717) is 48.3 Å². The highest BCUT2D eigenvalue weighted by Crippen LogP contribution is 2.31. The minimum atomic E-state index is -1.02. The first kappa shape index (κ1) is 26.4. The van der Waals surface area contributed by atoms with Crippen molar-refractivity contribution in [2.24, 2.45) is 4.99 Å². The standard InChI is InChI=1S/C29H23ClN2O6S/c1-4-37-28(36)24-16(3)31-29-32(25(24)17-8-10-18(30)11-9-17)26(33)23(39-29)14-19-12-13-22(38-19)20-6-5-7-21(15(20)2)27(34)35/h5-14,25H,4H2,1-3H3,(H,34,35)/b23-14-/t25-/m0/s1. The number of thiazole rings is 1. The highest BCUT2D eigenvalue weighted by atomic mass is 35.5. The summed E-state index contributed by atoms with van der Waals surface area (Å²) in [4.78, 5) is 43.2. The van der Waals surface area contributed by atoms with Crippen molar-refractivity contribution < 1.29 is 23.8 Å². The Kier molecular flexibility index (Phi) is 7.12. The van der Waals surface area contributed by atoms with Gasteiger partial charge in [-0.2, -0.15) is 0 Å². The van der Waals surface area contributed by atoms with Gasteiger partial charge in [-0.15, -0.1) is 0 Å². The Morgan fingerprint density at radius 2 is 1.90 bits per heavy atom. The molecule has 4 aromatic rings. The summed E-state index contributed by atoms with van der Waals surface area (Å²) in [6.07, 6.45) is 1.62. The van der Waals surface area contributed by atoms with Crippen LogP contribution in [0.4, 0.5) is 0 Å². The number of carbonyl (C=O) groups is 2. The Morgan fingerprint density at radius 3 is 2.59 bits per heavy atom. The van der Waals surface area contributed by atoms with Gasteiger partial charge in [-0.25, -0.2) is 14.6 Å². The first-order valence-corrected chi connectivity index (χ1v) is 13.3. The lowest BCUT2D eigenvalue weighted by molar-refractivity contribution is -0.139. The number of nitrogens with zero attached hydrogens (tertiary/aromatic N) is 2. The van der Waals surface area contributed by atoms with Gasteiger partial charge in [-0.3, -0.25) is 9.36 Å². The third-order valence-electron chi connectivity index (χ3n) is 6.43. The molecular weight excluding hydrogens is 540 g/mol. The Bertz CT molecular complexity index is 1830. The smallest absolute Gasteiger partial charge is 0.338 e. The molecule has 1 N–H and O–H groups in total. The van der Waals surface area contributed by atoms with E-state index in [9.17, 15) is 19.5 Å². The van der Waals surface area contributed by atoms with Crippen LogP contribution in [0.15, 0.2) is 80.1 Å². The van der Waals surface area contributed by atoms with Crippen molar-refractivity contribution in [3.05, 3.63) is 113 Å². The molecule has 1 aliphatic rings. The van der Waals surface area contributed by atoms with Crippen LogP contribution in [0.25, 0.3) is 17.4 Å². The molecule has 5 rings (SSSR count). The number of hydrogen-bond acceptors (Lipinski definition) is 7. The fourth-order valence-corrected chi connectivity index (χ4v) is 5.74. The first-order chi connectivity index (χ1) is 18.7. The van der Waals surface area contributed by atoms with E-state index in [1.165, 1.54) is 22.0 Å². The molecule has 2 aromatic carbocycles. The number of fused-ring (bicyclic) bond motifs is 1. The van der Waals surface area contributed by atoms with Gasteiger partial charge < -0.3 is 14.3 Å². The Hall–Kier alpha value is -4.21. The SMILES string of the molecule is CCOC(=O)C1=C(C)N=c2s/c(=C\c3ccc(-c4cccc(C(=O)O)c4C)o3)c(=O)n2[C@H]1c1ccc(Cl)cc1. The molecule has 0 aliphatic carbocycles. The largest absolute Gasteiger partial charge is 0.478 e. The molecule has 0 radical (unpaired) electrons. The fraction of sp³-hybridized carbons (Fsp3) is 0.172. The van der Waals surface area contributed by atoms with Gasteiger partial charge >= 0.3 is 11.9 Å². The number of benzene rings is 2. The second-order valence-electron chi connectivity index (χ2n) is 8.84. The van der Waals surface area contributed by atoms with Crippen molar-refractivity contribution >= 4 is 41.0 Å². The maximum absolute atomic E-state index is 13.7. The number of carboxylic acids is 1. The fourth-order valence-electron chi connectivity index (χ4n) is 4.59. The summed E-state index contributed by atoms with van der Waals surface area (Å²) < 4.78 is 13.2. The lowest BCUT2D eigenvalue weighted by Gasteiger charge is -2.24. The molecule has 1 aliphatic heterocycles. The van der Waals surface area contributed by atoms with Crippen molar-refractivity contribution in [3.8, 4) is 11.3 Å². The van der Waals surface area contributed by atoms with E-state index in [4.69, 9.17) is 20.8 Å². The summed E-state index contributed by atoms with van der Waals surface area (Å²) in [5.74, 6) is -0.661. The molecule has 0 fully saturated rings.